The monoisotopic (exact) mass is 401 g/mol. The molecule has 1 rings (SSSR count). The molecule has 0 spiro atoms. The average molecular weight is 401 g/mol. The van der Waals surface area contributed by atoms with Gasteiger partial charge in [-0.05, 0) is 18.8 Å². The third-order valence-electron chi connectivity index (χ3n) is 4.24. The second kappa shape index (κ2) is 10.4. The molecular weight excluding hydrogens is 374 g/mol. The average Bonchev–Trinajstić information content (AvgIpc) is 2.58. The molecule has 0 aromatic carbocycles. The zero-order valence-corrected chi connectivity index (χ0v) is 16.8. The molecular formula is C18H27NO7S. The molecule has 1 N–H and O–H groups in total. The maximum atomic E-state index is 13.0. The van der Waals surface area contributed by atoms with Crippen molar-refractivity contribution < 1.29 is 32.4 Å². The highest BCUT2D eigenvalue weighted by atomic mass is 32.2. The Hall–Kier alpha value is -2.00. The van der Waals surface area contributed by atoms with Crippen molar-refractivity contribution in [2.24, 2.45) is 11.8 Å². The maximum absolute atomic E-state index is 13.0. The third-order valence-corrected chi connectivity index (χ3v) is 5.22. The molecule has 0 saturated heterocycles. The summed E-state index contributed by atoms with van der Waals surface area (Å²) in [6, 6.07) is 0. The fourth-order valence-electron chi connectivity index (χ4n) is 3.01. The van der Waals surface area contributed by atoms with Gasteiger partial charge in [0.25, 0.3) is 0 Å². The SMILES string of the molecule is C=CCONC(CCC)=C1C(=O)CC(CCS(C)(=O)=O)C(C(=O)OC)C1=O. The van der Waals surface area contributed by atoms with E-state index >= 15 is 0 Å². The van der Waals surface area contributed by atoms with Crippen molar-refractivity contribution in [2.45, 2.75) is 32.6 Å². The van der Waals surface area contributed by atoms with E-state index in [0.717, 1.165) is 13.4 Å². The molecule has 0 aromatic heterocycles. The molecule has 0 aromatic rings. The number of sulfone groups is 1. The number of nitrogens with one attached hydrogen (secondary N) is 1. The van der Waals surface area contributed by atoms with E-state index in [1.54, 1.807) is 0 Å². The Bertz CT molecular complexity index is 724. The number of rotatable bonds is 10. The zero-order chi connectivity index (χ0) is 20.6. The zero-order valence-electron chi connectivity index (χ0n) is 15.9. The quantitative estimate of drug-likeness (QED) is 0.110. The van der Waals surface area contributed by atoms with Gasteiger partial charge in [-0.1, -0.05) is 19.4 Å². The number of carbonyl (C=O) groups excluding carboxylic acids is 3. The van der Waals surface area contributed by atoms with Gasteiger partial charge in [0.1, 0.15) is 15.8 Å². The largest absolute Gasteiger partial charge is 0.468 e. The Morgan fingerprint density at radius 1 is 1.37 bits per heavy atom. The van der Waals surface area contributed by atoms with Crippen molar-refractivity contribution in [1.29, 1.82) is 0 Å². The number of allylic oxidation sites excluding steroid dienone is 2. The number of ether oxygens (including phenoxy) is 1. The van der Waals surface area contributed by atoms with Crippen LogP contribution in [0.25, 0.3) is 0 Å². The standard InChI is InChI=1S/C18H27NO7S/c1-5-7-13(19-26-9-6-2)16-14(20)11-12(8-10-27(4,23)24)15(17(16)21)18(22)25-3/h6,12,15,19H,2,5,7-11H2,1,3-4H3. The number of Topliss-reactive ketones (excluding diaryl/α,β-unsaturated/α-hetero) is 2. The summed E-state index contributed by atoms with van der Waals surface area (Å²) < 4.78 is 27.7. The van der Waals surface area contributed by atoms with Crippen LogP contribution in [0.5, 0.6) is 0 Å². The van der Waals surface area contributed by atoms with Crippen LogP contribution < -0.4 is 5.48 Å². The molecule has 27 heavy (non-hydrogen) atoms. The van der Waals surface area contributed by atoms with Crippen LogP contribution in [0, 0.1) is 11.8 Å². The van der Waals surface area contributed by atoms with Gasteiger partial charge in [0, 0.05) is 12.7 Å². The predicted molar refractivity (Wildman–Crippen MR) is 99.2 cm³/mol. The van der Waals surface area contributed by atoms with E-state index in [0.29, 0.717) is 18.5 Å². The minimum Gasteiger partial charge on any atom is -0.468 e. The van der Waals surface area contributed by atoms with Gasteiger partial charge in [0.05, 0.1) is 30.7 Å². The van der Waals surface area contributed by atoms with Gasteiger partial charge in [0.15, 0.2) is 11.6 Å². The van der Waals surface area contributed by atoms with E-state index in [1.807, 2.05) is 6.92 Å². The number of ketones is 2. The summed E-state index contributed by atoms with van der Waals surface area (Å²) in [6.45, 7) is 5.56. The molecule has 8 nitrogen and oxygen atoms in total. The van der Waals surface area contributed by atoms with Gasteiger partial charge in [-0.3, -0.25) is 24.7 Å². The highest BCUT2D eigenvalue weighted by Crippen LogP contribution is 2.34. The molecule has 1 fully saturated rings. The molecule has 1 aliphatic rings. The van der Waals surface area contributed by atoms with Crippen LogP contribution in [0.1, 0.15) is 32.6 Å². The molecule has 1 aliphatic carbocycles. The number of esters is 1. The highest BCUT2D eigenvalue weighted by Gasteiger charge is 2.45. The van der Waals surface area contributed by atoms with Gasteiger partial charge >= 0.3 is 5.97 Å². The number of hydrogen-bond acceptors (Lipinski definition) is 8. The molecule has 0 radical (unpaired) electrons. The second-order valence-electron chi connectivity index (χ2n) is 6.48. The van der Waals surface area contributed by atoms with Crippen LogP contribution in [0.4, 0.5) is 0 Å². The summed E-state index contributed by atoms with van der Waals surface area (Å²) in [5.74, 6) is -4.00. The summed E-state index contributed by atoms with van der Waals surface area (Å²) in [5, 5.41) is 0. The van der Waals surface area contributed by atoms with Gasteiger partial charge in [-0.25, -0.2) is 8.42 Å². The molecule has 2 atom stereocenters. The Labute approximate surface area is 159 Å². The molecule has 1 saturated carbocycles. The molecule has 152 valence electrons. The number of hydroxylamine groups is 1. The predicted octanol–water partition coefficient (Wildman–Crippen LogP) is 1.13. The minimum absolute atomic E-state index is 0.0346. The lowest BCUT2D eigenvalue weighted by atomic mass is 9.73. The molecule has 0 aliphatic heterocycles. The van der Waals surface area contributed by atoms with E-state index in [4.69, 9.17) is 9.57 Å². The fourth-order valence-corrected chi connectivity index (χ4v) is 3.74. The van der Waals surface area contributed by atoms with Crippen LogP contribution in [0.15, 0.2) is 23.9 Å². The van der Waals surface area contributed by atoms with Crippen LogP contribution in [0.3, 0.4) is 0 Å². The van der Waals surface area contributed by atoms with Crippen molar-refractivity contribution in [1.82, 2.24) is 5.48 Å². The smallest absolute Gasteiger partial charge is 0.316 e. The summed E-state index contributed by atoms with van der Waals surface area (Å²) in [6.07, 6.45) is 3.53. The van der Waals surface area contributed by atoms with Crippen molar-refractivity contribution >= 4 is 27.4 Å². The maximum Gasteiger partial charge on any atom is 0.316 e. The van der Waals surface area contributed by atoms with Gasteiger partial charge in [-0.2, -0.15) is 0 Å². The van der Waals surface area contributed by atoms with Crippen LogP contribution in [0.2, 0.25) is 0 Å². The number of carbonyl (C=O) groups is 3. The van der Waals surface area contributed by atoms with Crippen LogP contribution >= 0.6 is 0 Å². The first kappa shape index (κ1) is 23.0. The third kappa shape index (κ3) is 6.59. The van der Waals surface area contributed by atoms with E-state index in [2.05, 4.69) is 12.1 Å². The van der Waals surface area contributed by atoms with Crippen molar-refractivity contribution in [2.75, 3.05) is 25.7 Å². The van der Waals surface area contributed by atoms with E-state index in [1.165, 1.54) is 6.08 Å². The minimum atomic E-state index is -3.30. The van der Waals surface area contributed by atoms with Crippen molar-refractivity contribution in [3.05, 3.63) is 23.9 Å². The van der Waals surface area contributed by atoms with Crippen molar-refractivity contribution in [3.63, 3.8) is 0 Å². The topological polar surface area (TPSA) is 116 Å². The first-order valence-electron chi connectivity index (χ1n) is 8.71. The Kier molecular flexibility index (Phi) is 8.84. The Balaban J connectivity index is 3.24. The molecule has 9 heteroatoms. The first-order chi connectivity index (χ1) is 12.7. The summed E-state index contributed by atoms with van der Waals surface area (Å²) in [5.41, 5.74) is 2.82. The van der Waals surface area contributed by atoms with E-state index in [-0.39, 0.29) is 30.8 Å². The summed E-state index contributed by atoms with van der Waals surface area (Å²) in [4.78, 5) is 43.0. The second-order valence-corrected chi connectivity index (χ2v) is 8.74. The lowest BCUT2D eigenvalue weighted by Gasteiger charge is -2.30. The first-order valence-corrected chi connectivity index (χ1v) is 10.8. The number of methoxy groups -OCH3 is 1. The summed E-state index contributed by atoms with van der Waals surface area (Å²) in [7, 11) is -2.14. The highest BCUT2D eigenvalue weighted by molar-refractivity contribution is 7.90. The summed E-state index contributed by atoms with van der Waals surface area (Å²) >= 11 is 0. The van der Waals surface area contributed by atoms with E-state index in [9.17, 15) is 22.8 Å². The van der Waals surface area contributed by atoms with Gasteiger partial charge in [-0.15, -0.1) is 6.58 Å². The lowest BCUT2D eigenvalue weighted by Crippen LogP contribution is -2.43. The molecule has 2 unspecified atom stereocenters. The molecule has 0 heterocycles. The lowest BCUT2D eigenvalue weighted by molar-refractivity contribution is -0.152. The molecule has 0 bridgehead atoms. The van der Waals surface area contributed by atoms with Gasteiger partial charge in [0.2, 0.25) is 0 Å². The van der Waals surface area contributed by atoms with Crippen LogP contribution in [-0.2, 0) is 33.8 Å². The Morgan fingerprint density at radius 3 is 2.56 bits per heavy atom. The normalized spacial score (nSPS) is 22.3. The Morgan fingerprint density at radius 2 is 2.04 bits per heavy atom. The van der Waals surface area contributed by atoms with Crippen LogP contribution in [-0.4, -0.2) is 51.7 Å². The van der Waals surface area contributed by atoms with Crippen molar-refractivity contribution in [3.8, 4) is 0 Å². The number of hydrogen-bond donors (Lipinski definition) is 1. The fraction of sp³-hybridized carbons (Fsp3) is 0.611. The van der Waals surface area contributed by atoms with Gasteiger partial charge < -0.3 is 4.74 Å². The van der Waals surface area contributed by atoms with E-state index < -0.39 is 39.2 Å². The molecule has 0 amide bonds.